The van der Waals surface area contributed by atoms with Crippen LogP contribution in [0.4, 0.5) is 5.69 Å². The smallest absolute Gasteiger partial charge is 0.171 e. The van der Waals surface area contributed by atoms with E-state index in [1.54, 1.807) is 0 Å². The van der Waals surface area contributed by atoms with Crippen molar-refractivity contribution in [2.45, 2.75) is 38.1 Å². The second-order valence-electron chi connectivity index (χ2n) is 7.10. The molecule has 1 fully saturated rings. The number of hydrogen-bond acceptors (Lipinski definition) is 3. The van der Waals surface area contributed by atoms with Gasteiger partial charge < -0.3 is 20.1 Å². The molecule has 4 nitrogen and oxygen atoms in total. The highest BCUT2D eigenvalue weighted by molar-refractivity contribution is 7.80. The summed E-state index contributed by atoms with van der Waals surface area (Å²) in [6.45, 7) is 3.31. The fraction of sp³-hybridized carbons (Fsp3) is 0.381. The van der Waals surface area contributed by atoms with Gasteiger partial charge in [0.25, 0.3) is 0 Å². The zero-order chi connectivity index (χ0) is 18.0. The standard InChI is InChI=1S/C21H24N2O2S/c1-15-5-4-6-16(13-15)21(9-2-3-10-21)23-20(26)22-17-7-8-18-19(14-17)25-12-11-24-18/h4-8,13-14H,2-3,9-12H2,1H3,(H2,22,23,26). The van der Waals surface area contributed by atoms with Crippen molar-refractivity contribution in [2.24, 2.45) is 0 Å². The number of thiocarbonyl (C=S) groups is 1. The first-order valence-corrected chi connectivity index (χ1v) is 9.61. The molecule has 2 aromatic carbocycles. The van der Waals surface area contributed by atoms with Crippen molar-refractivity contribution in [1.29, 1.82) is 0 Å². The van der Waals surface area contributed by atoms with Gasteiger partial charge in [0.15, 0.2) is 16.6 Å². The van der Waals surface area contributed by atoms with Crippen molar-refractivity contribution in [1.82, 2.24) is 5.32 Å². The maximum atomic E-state index is 5.65. The van der Waals surface area contributed by atoms with E-state index in [2.05, 4.69) is 41.8 Å². The highest BCUT2D eigenvalue weighted by Crippen LogP contribution is 2.39. The van der Waals surface area contributed by atoms with Gasteiger partial charge in [0.1, 0.15) is 13.2 Å². The zero-order valence-corrected chi connectivity index (χ0v) is 15.8. The SMILES string of the molecule is Cc1cccc(C2(NC(=S)Nc3ccc4c(c3)OCCO4)CCCC2)c1. The molecular weight excluding hydrogens is 344 g/mol. The molecule has 0 bridgehead atoms. The van der Waals surface area contributed by atoms with Crippen LogP contribution in [-0.2, 0) is 5.54 Å². The monoisotopic (exact) mass is 368 g/mol. The lowest BCUT2D eigenvalue weighted by Crippen LogP contribution is -2.45. The molecule has 1 aliphatic carbocycles. The van der Waals surface area contributed by atoms with Gasteiger partial charge in [0.05, 0.1) is 5.54 Å². The third-order valence-electron chi connectivity index (χ3n) is 5.18. The third-order valence-corrected chi connectivity index (χ3v) is 5.38. The van der Waals surface area contributed by atoms with Gasteiger partial charge in [-0.3, -0.25) is 0 Å². The third kappa shape index (κ3) is 3.49. The van der Waals surface area contributed by atoms with E-state index in [0.717, 1.165) is 30.0 Å². The van der Waals surface area contributed by atoms with Gasteiger partial charge >= 0.3 is 0 Å². The minimum absolute atomic E-state index is 0.0794. The summed E-state index contributed by atoms with van der Waals surface area (Å²) in [7, 11) is 0. The molecule has 0 spiro atoms. The number of anilines is 1. The van der Waals surface area contributed by atoms with E-state index in [9.17, 15) is 0 Å². The van der Waals surface area contributed by atoms with Crippen molar-refractivity contribution in [2.75, 3.05) is 18.5 Å². The first-order valence-electron chi connectivity index (χ1n) is 9.21. The molecular formula is C21H24N2O2S. The Hall–Kier alpha value is -2.27. The summed E-state index contributed by atoms with van der Waals surface area (Å²) in [5.74, 6) is 1.55. The van der Waals surface area contributed by atoms with E-state index < -0.39 is 0 Å². The van der Waals surface area contributed by atoms with Crippen LogP contribution < -0.4 is 20.1 Å². The van der Waals surface area contributed by atoms with E-state index in [4.69, 9.17) is 21.7 Å². The Bertz CT molecular complexity index is 815. The maximum Gasteiger partial charge on any atom is 0.171 e. The highest BCUT2D eigenvalue weighted by atomic mass is 32.1. The number of nitrogens with one attached hydrogen (secondary N) is 2. The van der Waals surface area contributed by atoms with E-state index in [1.165, 1.54) is 24.0 Å². The van der Waals surface area contributed by atoms with Crippen molar-refractivity contribution < 1.29 is 9.47 Å². The molecule has 1 heterocycles. The van der Waals surface area contributed by atoms with Crippen molar-refractivity contribution >= 4 is 23.0 Å². The summed E-state index contributed by atoms with van der Waals surface area (Å²) >= 11 is 5.64. The van der Waals surface area contributed by atoms with Gasteiger partial charge in [-0.1, -0.05) is 42.7 Å². The maximum absolute atomic E-state index is 5.65. The van der Waals surface area contributed by atoms with E-state index >= 15 is 0 Å². The number of rotatable bonds is 3. The second-order valence-corrected chi connectivity index (χ2v) is 7.50. The predicted molar refractivity (Wildman–Crippen MR) is 108 cm³/mol. The Morgan fingerprint density at radius 2 is 1.77 bits per heavy atom. The summed E-state index contributed by atoms with van der Waals surface area (Å²) < 4.78 is 11.2. The lowest BCUT2D eigenvalue weighted by molar-refractivity contribution is 0.171. The van der Waals surface area contributed by atoms with E-state index in [1.807, 2.05) is 18.2 Å². The van der Waals surface area contributed by atoms with Crippen molar-refractivity contribution in [3.8, 4) is 11.5 Å². The summed E-state index contributed by atoms with van der Waals surface area (Å²) in [5, 5.41) is 7.57. The van der Waals surface area contributed by atoms with Crippen LogP contribution in [-0.4, -0.2) is 18.3 Å². The minimum Gasteiger partial charge on any atom is -0.486 e. The molecule has 2 aliphatic rings. The lowest BCUT2D eigenvalue weighted by atomic mass is 9.87. The number of fused-ring (bicyclic) bond motifs is 1. The molecule has 0 atom stereocenters. The van der Waals surface area contributed by atoms with Gasteiger partial charge in [0.2, 0.25) is 0 Å². The van der Waals surface area contributed by atoms with Gasteiger partial charge in [-0.2, -0.15) is 0 Å². The fourth-order valence-corrected chi connectivity index (χ4v) is 4.22. The van der Waals surface area contributed by atoms with Gasteiger partial charge in [-0.05, 0) is 49.7 Å². The normalized spacial score (nSPS) is 17.6. The van der Waals surface area contributed by atoms with Gasteiger partial charge in [0, 0.05) is 11.8 Å². The molecule has 2 N–H and O–H groups in total. The quantitative estimate of drug-likeness (QED) is 0.780. The van der Waals surface area contributed by atoms with Gasteiger partial charge in [-0.25, -0.2) is 0 Å². The average Bonchev–Trinajstić information content (AvgIpc) is 3.11. The van der Waals surface area contributed by atoms with Crippen molar-refractivity contribution in [3.05, 3.63) is 53.6 Å². The van der Waals surface area contributed by atoms with Crippen LogP contribution in [0.5, 0.6) is 11.5 Å². The van der Waals surface area contributed by atoms with Crippen molar-refractivity contribution in [3.63, 3.8) is 0 Å². The van der Waals surface area contributed by atoms with Crippen LogP contribution in [0.15, 0.2) is 42.5 Å². The van der Waals surface area contributed by atoms with Crippen LogP contribution in [0.2, 0.25) is 0 Å². The summed E-state index contributed by atoms with van der Waals surface area (Å²) in [6.07, 6.45) is 4.62. The fourth-order valence-electron chi connectivity index (χ4n) is 3.91. The molecule has 0 radical (unpaired) electrons. The molecule has 0 unspecified atom stereocenters. The molecule has 136 valence electrons. The first kappa shape index (κ1) is 17.2. The zero-order valence-electron chi connectivity index (χ0n) is 15.0. The van der Waals surface area contributed by atoms with Crippen LogP contribution in [0.3, 0.4) is 0 Å². The lowest BCUT2D eigenvalue weighted by Gasteiger charge is -2.33. The van der Waals surface area contributed by atoms with Crippen LogP contribution in [0, 0.1) is 6.92 Å². The summed E-state index contributed by atoms with van der Waals surface area (Å²) in [6, 6.07) is 14.6. The molecule has 1 saturated carbocycles. The van der Waals surface area contributed by atoms with Gasteiger partial charge in [-0.15, -0.1) is 0 Å². The average molecular weight is 369 g/mol. The van der Waals surface area contributed by atoms with Crippen LogP contribution in [0.1, 0.15) is 36.8 Å². The number of hydrogen-bond donors (Lipinski definition) is 2. The molecule has 0 amide bonds. The highest BCUT2D eigenvalue weighted by Gasteiger charge is 2.36. The van der Waals surface area contributed by atoms with Crippen LogP contribution in [0.25, 0.3) is 0 Å². The molecule has 1 aliphatic heterocycles. The Kier molecular flexibility index (Phi) is 4.72. The molecule has 26 heavy (non-hydrogen) atoms. The molecule has 4 rings (SSSR count). The van der Waals surface area contributed by atoms with E-state index in [-0.39, 0.29) is 5.54 Å². The molecule has 0 aromatic heterocycles. The summed E-state index contributed by atoms with van der Waals surface area (Å²) in [5.41, 5.74) is 3.43. The first-order chi connectivity index (χ1) is 12.6. The van der Waals surface area contributed by atoms with Crippen LogP contribution >= 0.6 is 12.2 Å². The summed E-state index contributed by atoms with van der Waals surface area (Å²) in [4.78, 5) is 0. The number of benzene rings is 2. The minimum atomic E-state index is -0.0794. The molecule has 0 saturated heterocycles. The second kappa shape index (κ2) is 7.16. The topological polar surface area (TPSA) is 42.5 Å². The Labute approximate surface area is 159 Å². The Balaban J connectivity index is 1.51. The molecule has 5 heteroatoms. The predicted octanol–water partition coefficient (Wildman–Crippen LogP) is 4.52. The Morgan fingerprint density at radius 1 is 1.00 bits per heavy atom. The Morgan fingerprint density at radius 3 is 2.54 bits per heavy atom. The number of ether oxygens (including phenoxy) is 2. The largest absolute Gasteiger partial charge is 0.486 e. The number of aryl methyl sites for hydroxylation is 1. The molecule has 2 aromatic rings. The van der Waals surface area contributed by atoms with E-state index in [0.29, 0.717) is 18.3 Å².